The van der Waals surface area contributed by atoms with Crippen LogP contribution in [0.25, 0.3) is 10.9 Å². The number of nitrogens with zero attached hydrogens (tertiary/aromatic N) is 2. The number of aliphatic carboxylic acids is 2. The molecule has 0 bridgehead atoms. The van der Waals surface area contributed by atoms with E-state index in [0.29, 0.717) is 19.1 Å². The first-order valence-corrected chi connectivity index (χ1v) is 13.0. The van der Waals surface area contributed by atoms with E-state index in [1.54, 1.807) is 0 Å². The summed E-state index contributed by atoms with van der Waals surface area (Å²) in [5.74, 6) is -2.82. The van der Waals surface area contributed by atoms with Gasteiger partial charge in [0.05, 0.1) is 37.4 Å². The second-order valence-electron chi connectivity index (χ2n) is 8.81. The second kappa shape index (κ2) is 12.7. The van der Waals surface area contributed by atoms with Gasteiger partial charge >= 0.3 is 18.1 Å². The van der Waals surface area contributed by atoms with Gasteiger partial charge in [-0.15, -0.1) is 0 Å². The zero-order valence-electron chi connectivity index (χ0n) is 21.2. The quantitative estimate of drug-likeness (QED) is 0.187. The first-order chi connectivity index (χ1) is 19.5. The number of alkyl halides is 3. The lowest BCUT2D eigenvalue weighted by atomic mass is 9.86. The molecule has 0 fully saturated rings. The number of halogens is 3. The number of fused-ring (bicyclic) bond motifs is 2. The Labute approximate surface area is 235 Å². The van der Waals surface area contributed by atoms with E-state index in [-0.39, 0.29) is 24.8 Å². The molecule has 0 aliphatic carbocycles. The third kappa shape index (κ3) is 7.75. The van der Waals surface area contributed by atoms with Crippen LogP contribution in [0.5, 0.6) is 5.75 Å². The van der Waals surface area contributed by atoms with E-state index in [9.17, 15) is 27.9 Å². The third-order valence-corrected chi connectivity index (χ3v) is 6.69. The molecule has 0 saturated carbocycles. The summed E-state index contributed by atoms with van der Waals surface area (Å²) < 4.78 is 42.7. The maximum Gasteiger partial charge on any atom is 0.490 e. The molecule has 2 aromatic rings. The fourth-order valence-electron chi connectivity index (χ4n) is 4.09. The average Bonchev–Trinajstić information content (AvgIpc) is 3.66. The number of allylic oxidation sites excluding steroid dienone is 3. The van der Waals surface area contributed by atoms with Gasteiger partial charge < -0.3 is 35.3 Å². The minimum Gasteiger partial charge on any atom is -0.493 e. The number of carboxylic acid groups (broad SMARTS) is 2. The number of hydrogen-bond acceptors (Lipinski definition) is 9. The minimum atomic E-state index is -5.08. The van der Waals surface area contributed by atoms with Crippen LogP contribution in [0.3, 0.4) is 0 Å². The van der Waals surface area contributed by atoms with Crippen LogP contribution in [0.1, 0.15) is 24.3 Å². The third-order valence-electron chi connectivity index (χ3n) is 5.94. The van der Waals surface area contributed by atoms with Gasteiger partial charge in [-0.25, -0.2) is 4.79 Å². The van der Waals surface area contributed by atoms with Crippen molar-refractivity contribution in [1.82, 2.24) is 24.6 Å². The summed E-state index contributed by atoms with van der Waals surface area (Å²) in [6, 6.07) is 5.80. The van der Waals surface area contributed by atoms with Crippen LogP contribution in [0.15, 0.2) is 65.2 Å². The van der Waals surface area contributed by atoms with Crippen molar-refractivity contribution >= 4 is 46.8 Å². The number of aromatic amines is 1. The summed E-state index contributed by atoms with van der Waals surface area (Å²) >= 11 is 1.47. The number of amides is 1. The number of aliphatic imine (C=N–C) groups is 1. The zero-order valence-corrected chi connectivity index (χ0v) is 22.0. The molecule has 16 heteroatoms. The monoisotopic (exact) mass is 594 g/mol. The molecule has 218 valence electrons. The lowest BCUT2D eigenvalue weighted by Crippen LogP contribution is -2.34. The van der Waals surface area contributed by atoms with Crippen LogP contribution < -0.4 is 20.1 Å². The van der Waals surface area contributed by atoms with E-state index < -0.39 is 18.1 Å². The fraction of sp³-hybridized carbons (Fsp3) is 0.280. The summed E-state index contributed by atoms with van der Waals surface area (Å²) in [7, 11) is 0. The number of benzene rings is 1. The topological polar surface area (TPSA) is 168 Å². The summed E-state index contributed by atoms with van der Waals surface area (Å²) in [5.41, 5.74) is 3.77. The van der Waals surface area contributed by atoms with E-state index in [2.05, 4.69) is 25.3 Å². The van der Waals surface area contributed by atoms with Gasteiger partial charge in [-0.2, -0.15) is 18.2 Å². The van der Waals surface area contributed by atoms with Crippen molar-refractivity contribution in [3.05, 3.63) is 65.8 Å². The molecule has 6 N–H and O–H groups in total. The van der Waals surface area contributed by atoms with Crippen molar-refractivity contribution in [2.75, 3.05) is 19.7 Å². The molecule has 5 rings (SSSR count). The van der Waals surface area contributed by atoms with Crippen LogP contribution in [0, 0.1) is 0 Å². The number of aromatic nitrogens is 1. The summed E-state index contributed by atoms with van der Waals surface area (Å²) in [6.07, 6.45) is 5.38. The predicted molar refractivity (Wildman–Crippen MR) is 143 cm³/mol. The maximum absolute atomic E-state index is 11.7. The Hall–Kier alpha value is -4.60. The van der Waals surface area contributed by atoms with Crippen LogP contribution in [0.2, 0.25) is 0 Å². The number of carbonyl (C=O) groups is 3. The molecule has 4 heterocycles. The lowest BCUT2D eigenvalue weighted by Gasteiger charge is -2.22. The Bertz CT molecular complexity index is 1450. The van der Waals surface area contributed by atoms with E-state index in [1.165, 1.54) is 12.1 Å². The first-order valence-electron chi connectivity index (χ1n) is 12.2. The number of guanidine groups is 1. The molecule has 1 aromatic heterocycles. The van der Waals surface area contributed by atoms with Gasteiger partial charge in [0.25, 0.3) is 5.91 Å². The van der Waals surface area contributed by atoms with Gasteiger partial charge in [0, 0.05) is 48.0 Å². The number of nitrogens with one attached hydrogen (secondary N) is 4. The molecular formula is C25H25F3N6O6S. The van der Waals surface area contributed by atoms with Crippen LogP contribution in [-0.2, 0) is 14.4 Å². The normalized spacial score (nSPS) is 16.4. The van der Waals surface area contributed by atoms with Gasteiger partial charge in [0.15, 0.2) is 5.96 Å². The Morgan fingerprint density at radius 2 is 2.05 bits per heavy atom. The summed E-state index contributed by atoms with van der Waals surface area (Å²) in [5, 5.41) is 23.6. The molecular weight excluding hydrogens is 569 g/mol. The standard InChI is InChI=1S/C23H24N6O4S.C2HF3O2/c30-21-13-26-23(28-21)24-5-1-7-33-16-2-3-17-19(12-25-20(17)9-16)18(10-22(31)32)14-4-6-29-15(8-14)11-27-34-29;3-2(4,5)1(6)7/h2-4,6,8-9,11-12,18,25,27H,1,5,7,10,13H2,(H,31,32)(H2,24,26,28,30);(H,6,7). The average molecular weight is 595 g/mol. The molecule has 0 radical (unpaired) electrons. The van der Waals surface area contributed by atoms with E-state index in [4.69, 9.17) is 14.6 Å². The molecule has 12 nitrogen and oxygen atoms in total. The molecule has 3 aliphatic heterocycles. The van der Waals surface area contributed by atoms with Crippen LogP contribution in [-0.4, -0.2) is 69.2 Å². The molecule has 0 spiro atoms. The SMILES string of the molecule is O=C(O)C(F)(F)F.O=C(O)CC(C1=CC2=CNSN2C=C1)c1c[nH]c2cc(OCCCNC3=NC(=O)CN3)ccc12. The molecule has 41 heavy (non-hydrogen) atoms. The van der Waals surface area contributed by atoms with Gasteiger partial charge in [0.1, 0.15) is 5.75 Å². The van der Waals surface area contributed by atoms with Crippen LogP contribution >= 0.6 is 12.1 Å². The highest BCUT2D eigenvalue weighted by molar-refractivity contribution is 7.95. The van der Waals surface area contributed by atoms with Crippen molar-refractivity contribution in [3.63, 3.8) is 0 Å². The van der Waals surface area contributed by atoms with Gasteiger partial charge in [-0.3, -0.25) is 13.9 Å². The smallest absolute Gasteiger partial charge is 0.490 e. The van der Waals surface area contributed by atoms with Gasteiger partial charge in [-0.05, 0) is 41.8 Å². The fourth-order valence-corrected chi connectivity index (χ4v) is 4.71. The molecule has 1 unspecified atom stereocenters. The molecule has 1 amide bonds. The van der Waals surface area contributed by atoms with E-state index in [0.717, 1.165) is 39.9 Å². The Balaban J connectivity index is 0.000000493. The summed E-state index contributed by atoms with van der Waals surface area (Å²) in [4.78, 5) is 38.8. The number of hydrogen-bond donors (Lipinski definition) is 6. The van der Waals surface area contributed by atoms with Crippen molar-refractivity contribution in [2.24, 2.45) is 4.99 Å². The van der Waals surface area contributed by atoms with Crippen molar-refractivity contribution < 1.29 is 42.5 Å². The number of carboxylic acids is 2. The Morgan fingerprint density at radius 3 is 2.73 bits per heavy atom. The number of rotatable bonds is 9. The van der Waals surface area contributed by atoms with Crippen LogP contribution in [0.4, 0.5) is 13.2 Å². The van der Waals surface area contributed by atoms with Gasteiger partial charge in [-0.1, -0.05) is 0 Å². The van der Waals surface area contributed by atoms with E-state index >= 15 is 0 Å². The minimum absolute atomic E-state index is 0.00598. The highest BCUT2D eigenvalue weighted by Crippen LogP contribution is 2.39. The largest absolute Gasteiger partial charge is 0.493 e. The van der Waals surface area contributed by atoms with Gasteiger partial charge in [0.2, 0.25) is 0 Å². The second-order valence-corrected chi connectivity index (χ2v) is 9.62. The molecule has 0 saturated heterocycles. The molecule has 3 aliphatic rings. The number of carbonyl (C=O) groups excluding carboxylic acids is 1. The lowest BCUT2D eigenvalue weighted by molar-refractivity contribution is -0.192. The predicted octanol–water partition coefficient (Wildman–Crippen LogP) is 2.97. The summed E-state index contributed by atoms with van der Waals surface area (Å²) in [6.45, 7) is 1.38. The van der Waals surface area contributed by atoms with E-state index in [1.807, 2.05) is 53.3 Å². The van der Waals surface area contributed by atoms with Crippen molar-refractivity contribution in [3.8, 4) is 5.75 Å². The number of ether oxygens (including phenoxy) is 1. The molecule has 1 atom stereocenters. The number of H-pyrrole nitrogens is 1. The molecule has 1 aromatic carbocycles. The van der Waals surface area contributed by atoms with Crippen molar-refractivity contribution in [2.45, 2.75) is 24.9 Å². The Kier molecular flexibility index (Phi) is 9.11. The zero-order chi connectivity index (χ0) is 29.6. The van der Waals surface area contributed by atoms with Crippen molar-refractivity contribution in [1.29, 1.82) is 0 Å². The highest BCUT2D eigenvalue weighted by Gasteiger charge is 2.38. The maximum atomic E-state index is 11.7. The highest BCUT2D eigenvalue weighted by atomic mass is 32.2. The Morgan fingerprint density at radius 1 is 1.27 bits per heavy atom. The first kappa shape index (κ1) is 29.4.